The van der Waals surface area contributed by atoms with Crippen LogP contribution < -0.4 is 4.74 Å². The lowest BCUT2D eigenvalue weighted by Crippen LogP contribution is -2.04. The van der Waals surface area contributed by atoms with Crippen LogP contribution in [-0.4, -0.2) is 12.2 Å². The van der Waals surface area contributed by atoms with Crippen molar-refractivity contribution in [3.8, 4) is 5.75 Å². The lowest BCUT2D eigenvalue weighted by Gasteiger charge is -2.17. The van der Waals surface area contributed by atoms with E-state index in [1.807, 2.05) is 6.07 Å². The predicted octanol–water partition coefficient (Wildman–Crippen LogP) is 4.85. The number of rotatable bonds is 3. The largest absolute Gasteiger partial charge is 0.496 e. The first-order valence-electron chi connectivity index (χ1n) is 5.50. The molecule has 0 aliphatic rings. The van der Waals surface area contributed by atoms with Gasteiger partial charge in [-0.3, -0.25) is 0 Å². The van der Waals surface area contributed by atoms with Crippen molar-refractivity contribution < 1.29 is 9.84 Å². The third-order valence-corrected chi connectivity index (χ3v) is 3.91. The van der Waals surface area contributed by atoms with Gasteiger partial charge in [0.2, 0.25) is 0 Å². The number of aliphatic hydroxyl groups excluding tert-OH is 1. The highest BCUT2D eigenvalue weighted by molar-refractivity contribution is 9.10. The summed E-state index contributed by atoms with van der Waals surface area (Å²) in [5.74, 6) is 0.576. The van der Waals surface area contributed by atoms with Crippen molar-refractivity contribution in [3.05, 3.63) is 62.0 Å². The Bertz CT molecular complexity index is 582. The van der Waals surface area contributed by atoms with Crippen LogP contribution in [0.5, 0.6) is 5.75 Å². The second-order valence-corrected chi connectivity index (χ2v) is 5.65. The van der Waals surface area contributed by atoms with Gasteiger partial charge in [0, 0.05) is 25.6 Å². The first kappa shape index (κ1) is 14.7. The summed E-state index contributed by atoms with van der Waals surface area (Å²) in [4.78, 5) is 0. The number of benzene rings is 2. The molecule has 0 spiro atoms. The summed E-state index contributed by atoms with van der Waals surface area (Å²) < 4.78 is 6.09. The Morgan fingerprint density at radius 3 is 2.37 bits per heavy atom. The molecule has 0 amide bonds. The van der Waals surface area contributed by atoms with E-state index in [4.69, 9.17) is 27.9 Å². The van der Waals surface area contributed by atoms with Crippen LogP contribution in [0.4, 0.5) is 0 Å². The zero-order chi connectivity index (χ0) is 14.0. The number of aliphatic hydroxyl groups is 1. The second kappa shape index (κ2) is 6.14. The van der Waals surface area contributed by atoms with Gasteiger partial charge >= 0.3 is 0 Å². The minimum atomic E-state index is -0.950. The molecule has 0 bridgehead atoms. The fraction of sp³-hybridized carbons (Fsp3) is 0.143. The zero-order valence-corrected chi connectivity index (χ0v) is 13.1. The summed E-state index contributed by atoms with van der Waals surface area (Å²) in [6.45, 7) is 0. The van der Waals surface area contributed by atoms with Crippen molar-refractivity contribution >= 4 is 39.1 Å². The maximum Gasteiger partial charge on any atom is 0.125 e. The zero-order valence-electron chi connectivity index (χ0n) is 10.0. The van der Waals surface area contributed by atoms with Crippen LogP contribution in [0.3, 0.4) is 0 Å². The maximum atomic E-state index is 10.5. The molecule has 0 aliphatic carbocycles. The topological polar surface area (TPSA) is 29.5 Å². The first-order valence-corrected chi connectivity index (χ1v) is 7.05. The number of halogens is 3. The quantitative estimate of drug-likeness (QED) is 0.846. The van der Waals surface area contributed by atoms with Gasteiger partial charge < -0.3 is 9.84 Å². The number of methoxy groups -OCH3 is 1. The van der Waals surface area contributed by atoms with Gasteiger partial charge in [-0.1, -0.05) is 45.2 Å². The summed E-state index contributed by atoms with van der Waals surface area (Å²) in [6.07, 6.45) is -0.950. The summed E-state index contributed by atoms with van der Waals surface area (Å²) in [5.41, 5.74) is 1.08. The fourth-order valence-electron chi connectivity index (χ4n) is 1.85. The van der Waals surface area contributed by atoms with Crippen LogP contribution in [0, 0.1) is 0 Å². The molecule has 5 heteroatoms. The second-order valence-electron chi connectivity index (χ2n) is 3.92. The van der Waals surface area contributed by atoms with Crippen LogP contribution in [-0.2, 0) is 0 Å². The van der Waals surface area contributed by atoms with Gasteiger partial charge in [0.1, 0.15) is 11.9 Å². The molecule has 2 aromatic rings. The Morgan fingerprint density at radius 1 is 1.16 bits per heavy atom. The maximum absolute atomic E-state index is 10.5. The normalized spacial score (nSPS) is 12.3. The molecular weight excluding hydrogens is 351 g/mol. The molecule has 0 saturated heterocycles. The molecule has 0 aromatic heterocycles. The summed E-state index contributed by atoms with van der Waals surface area (Å²) >= 11 is 15.6. The monoisotopic (exact) mass is 360 g/mol. The molecule has 2 aromatic carbocycles. The van der Waals surface area contributed by atoms with Crippen molar-refractivity contribution in [3.63, 3.8) is 0 Å². The molecule has 2 rings (SSSR count). The molecule has 0 heterocycles. The highest BCUT2D eigenvalue weighted by Crippen LogP contribution is 2.38. The van der Waals surface area contributed by atoms with Gasteiger partial charge in [-0.15, -0.1) is 0 Å². The minimum absolute atomic E-state index is 0.419. The number of hydrogen-bond acceptors (Lipinski definition) is 2. The van der Waals surface area contributed by atoms with Crippen LogP contribution in [0.15, 0.2) is 40.9 Å². The van der Waals surface area contributed by atoms with Crippen molar-refractivity contribution in [1.82, 2.24) is 0 Å². The third kappa shape index (κ3) is 3.06. The number of ether oxygens (including phenoxy) is 1. The Hall–Kier alpha value is -0.740. The molecule has 0 fully saturated rings. The van der Waals surface area contributed by atoms with Crippen molar-refractivity contribution in [1.29, 1.82) is 0 Å². The van der Waals surface area contributed by atoms with Crippen LogP contribution >= 0.6 is 39.1 Å². The fourth-order valence-corrected chi connectivity index (χ4v) is 2.83. The van der Waals surface area contributed by atoms with Crippen LogP contribution in [0.2, 0.25) is 10.0 Å². The molecule has 0 aliphatic heterocycles. The van der Waals surface area contributed by atoms with Gasteiger partial charge in [0.15, 0.2) is 0 Å². The predicted molar refractivity (Wildman–Crippen MR) is 81.2 cm³/mol. The first-order chi connectivity index (χ1) is 9.04. The number of hydrogen-bond donors (Lipinski definition) is 1. The van der Waals surface area contributed by atoms with E-state index in [2.05, 4.69) is 15.9 Å². The molecule has 1 unspecified atom stereocenters. The van der Waals surface area contributed by atoms with E-state index in [-0.39, 0.29) is 0 Å². The molecule has 0 saturated carbocycles. The van der Waals surface area contributed by atoms with Gasteiger partial charge in [-0.2, -0.15) is 0 Å². The molecular formula is C14H11BrCl2O2. The molecule has 0 radical (unpaired) electrons. The van der Waals surface area contributed by atoms with Crippen LogP contribution in [0.1, 0.15) is 17.2 Å². The Kier molecular flexibility index (Phi) is 4.74. The van der Waals surface area contributed by atoms with E-state index in [1.165, 1.54) is 0 Å². The highest BCUT2D eigenvalue weighted by Gasteiger charge is 2.21. The van der Waals surface area contributed by atoms with E-state index in [9.17, 15) is 5.11 Å². The Balaban J connectivity index is 2.55. The molecule has 1 atom stereocenters. The third-order valence-electron chi connectivity index (χ3n) is 2.76. The van der Waals surface area contributed by atoms with E-state index >= 15 is 0 Å². The smallest absolute Gasteiger partial charge is 0.125 e. The standard InChI is InChI=1S/C14H11BrCl2O2/c1-19-12-6-5-8(15)7-9(12)14(18)13-10(16)3-2-4-11(13)17/h2-7,14,18H,1H3. The summed E-state index contributed by atoms with van der Waals surface area (Å²) in [5, 5.41) is 11.4. The molecule has 19 heavy (non-hydrogen) atoms. The van der Waals surface area contributed by atoms with Gasteiger partial charge in [0.05, 0.1) is 7.11 Å². The average Bonchev–Trinajstić information content (AvgIpc) is 2.38. The van der Waals surface area contributed by atoms with Gasteiger partial charge in [0.25, 0.3) is 0 Å². The summed E-state index contributed by atoms with van der Waals surface area (Å²) in [7, 11) is 1.55. The highest BCUT2D eigenvalue weighted by atomic mass is 79.9. The average molecular weight is 362 g/mol. The van der Waals surface area contributed by atoms with Crippen molar-refractivity contribution in [2.75, 3.05) is 7.11 Å². The molecule has 100 valence electrons. The van der Waals surface area contributed by atoms with Crippen LogP contribution in [0.25, 0.3) is 0 Å². The van der Waals surface area contributed by atoms with Crippen molar-refractivity contribution in [2.24, 2.45) is 0 Å². The minimum Gasteiger partial charge on any atom is -0.496 e. The van der Waals surface area contributed by atoms with Gasteiger partial charge in [-0.25, -0.2) is 0 Å². The Labute approximate surface area is 130 Å². The van der Waals surface area contributed by atoms with Crippen molar-refractivity contribution in [2.45, 2.75) is 6.10 Å². The molecule has 2 nitrogen and oxygen atoms in total. The van der Waals surface area contributed by atoms with E-state index < -0.39 is 6.10 Å². The van der Waals surface area contributed by atoms with E-state index in [0.29, 0.717) is 26.9 Å². The summed E-state index contributed by atoms with van der Waals surface area (Å²) in [6, 6.07) is 10.5. The lowest BCUT2D eigenvalue weighted by molar-refractivity contribution is 0.215. The van der Waals surface area contributed by atoms with Gasteiger partial charge in [-0.05, 0) is 30.3 Å². The SMILES string of the molecule is COc1ccc(Br)cc1C(O)c1c(Cl)cccc1Cl. The van der Waals surface area contributed by atoms with E-state index in [0.717, 1.165) is 4.47 Å². The Morgan fingerprint density at radius 2 is 1.79 bits per heavy atom. The molecule has 1 N–H and O–H groups in total. The lowest BCUT2D eigenvalue weighted by atomic mass is 10.0. The van der Waals surface area contributed by atoms with E-state index in [1.54, 1.807) is 37.4 Å².